The molecule has 0 aromatic heterocycles. The van der Waals surface area contributed by atoms with Crippen LogP contribution in [0.2, 0.25) is 0 Å². The first-order valence-corrected chi connectivity index (χ1v) is 9.31. The third-order valence-electron chi connectivity index (χ3n) is 3.68. The normalized spacial score (nSPS) is 10.8. The number of hydrogen-bond donors (Lipinski definition) is 1. The maximum Gasteiger partial charge on any atom is 0.344 e. The number of nitrogens with zero attached hydrogens (tertiary/aromatic N) is 1. The summed E-state index contributed by atoms with van der Waals surface area (Å²) < 4.78 is 6.00. The summed E-state index contributed by atoms with van der Waals surface area (Å²) in [6.45, 7) is 2.57. The van der Waals surface area contributed by atoms with E-state index in [-0.39, 0.29) is 5.57 Å². The molecule has 0 aliphatic carbocycles. The number of hydrogen-bond acceptors (Lipinski definition) is 4. The quantitative estimate of drug-likeness (QED) is 0.232. The molecule has 2 aromatic carbocycles. The zero-order chi connectivity index (χ0) is 19.6. The number of unbranched alkanes of at least 4 members (excludes halogenated alkanes) is 1. The molecule has 5 nitrogen and oxygen atoms in total. The third-order valence-corrected chi connectivity index (χ3v) is 4.37. The monoisotopic (exact) mass is 426 g/mol. The lowest BCUT2D eigenvalue weighted by atomic mass is 10.1. The largest absolute Gasteiger partial charge is 0.423 e. The van der Waals surface area contributed by atoms with Crippen LogP contribution in [-0.2, 0) is 4.79 Å². The SMILES string of the molecule is CCCCNC(=O)/C(C#N)=C/c1ccc(OC(=O)c2ccccc2Br)cc1. The molecular formula is C21H19BrN2O3. The van der Waals surface area contributed by atoms with E-state index in [1.807, 2.05) is 19.1 Å². The molecule has 0 unspecified atom stereocenters. The lowest BCUT2D eigenvalue weighted by Gasteiger charge is -2.06. The molecule has 1 N–H and O–H groups in total. The Morgan fingerprint density at radius 2 is 1.89 bits per heavy atom. The summed E-state index contributed by atoms with van der Waals surface area (Å²) in [6, 6.07) is 15.5. The van der Waals surface area contributed by atoms with Gasteiger partial charge in [-0.15, -0.1) is 0 Å². The van der Waals surface area contributed by atoms with E-state index in [1.165, 1.54) is 6.08 Å². The second-order valence-electron chi connectivity index (χ2n) is 5.72. The van der Waals surface area contributed by atoms with Gasteiger partial charge >= 0.3 is 5.97 Å². The number of nitrogens with one attached hydrogen (secondary N) is 1. The average Bonchev–Trinajstić information content (AvgIpc) is 2.67. The predicted molar refractivity (Wildman–Crippen MR) is 107 cm³/mol. The van der Waals surface area contributed by atoms with Crippen LogP contribution in [0.1, 0.15) is 35.7 Å². The predicted octanol–water partition coefficient (Wildman–Crippen LogP) is 4.49. The molecular weight excluding hydrogens is 408 g/mol. The fourth-order valence-corrected chi connectivity index (χ4v) is 2.66. The van der Waals surface area contributed by atoms with Gasteiger partial charge in [-0.05, 0) is 58.3 Å². The van der Waals surface area contributed by atoms with Crippen molar-refractivity contribution in [3.8, 4) is 11.8 Å². The number of rotatable bonds is 7. The minimum Gasteiger partial charge on any atom is -0.423 e. The number of ether oxygens (including phenoxy) is 1. The van der Waals surface area contributed by atoms with Crippen molar-refractivity contribution in [3.63, 3.8) is 0 Å². The Morgan fingerprint density at radius 1 is 1.19 bits per heavy atom. The molecule has 27 heavy (non-hydrogen) atoms. The molecule has 0 heterocycles. The molecule has 0 radical (unpaired) electrons. The minimum absolute atomic E-state index is 0.0315. The Kier molecular flexibility index (Phi) is 7.78. The average molecular weight is 427 g/mol. The number of esters is 1. The van der Waals surface area contributed by atoms with Gasteiger partial charge in [-0.1, -0.05) is 37.6 Å². The zero-order valence-electron chi connectivity index (χ0n) is 14.9. The van der Waals surface area contributed by atoms with E-state index in [2.05, 4.69) is 21.2 Å². The van der Waals surface area contributed by atoms with Crippen molar-refractivity contribution in [2.24, 2.45) is 0 Å². The lowest BCUT2D eigenvalue weighted by Crippen LogP contribution is -2.25. The molecule has 0 aliphatic rings. The first-order valence-electron chi connectivity index (χ1n) is 8.52. The maximum atomic E-state index is 12.2. The van der Waals surface area contributed by atoms with Gasteiger partial charge in [0, 0.05) is 11.0 Å². The highest BCUT2D eigenvalue weighted by Crippen LogP contribution is 2.20. The van der Waals surface area contributed by atoms with Crippen LogP contribution in [0.15, 0.2) is 58.6 Å². The van der Waals surface area contributed by atoms with Crippen LogP contribution in [0.25, 0.3) is 6.08 Å². The van der Waals surface area contributed by atoms with Crippen molar-refractivity contribution in [2.75, 3.05) is 6.54 Å². The summed E-state index contributed by atoms with van der Waals surface area (Å²) in [6.07, 6.45) is 3.33. The Hall–Kier alpha value is -2.91. The molecule has 0 bridgehead atoms. The van der Waals surface area contributed by atoms with Gasteiger partial charge < -0.3 is 10.1 Å². The van der Waals surface area contributed by atoms with Crippen molar-refractivity contribution >= 4 is 33.9 Å². The van der Waals surface area contributed by atoms with Crippen molar-refractivity contribution in [1.29, 1.82) is 5.26 Å². The van der Waals surface area contributed by atoms with Crippen LogP contribution in [0.3, 0.4) is 0 Å². The summed E-state index contributed by atoms with van der Waals surface area (Å²) in [4.78, 5) is 24.2. The maximum absolute atomic E-state index is 12.2. The molecule has 6 heteroatoms. The fourth-order valence-electron chi connectivity index (χ4n) is 2.21. The first kappa shape index (κ1) is 20.4. The molecule has 2 aromatic rings. The van der Waals surface area contributed by atoms with Crippen molar-refractivity contribution in [2.45, 2.75) is 19.8 Å². The van der Waals surface area contributed by atoms with Gasteiger partial charge in [0.25, 0.3) is 5.91 Å². The van der Waals surface area contributed by atoms with Crippen molar-refractivity contribution in [1.82, 2.24) is 5.32 Å². The van der Waals surface area contributed by atoms with Gasteiger partial charge in [0.05, 0.1) is 5.56 Å². The molecule has 0 saturated carbocycles. The van der Waals surface area contributed by atoms with Gasteiger partial charge in [-0.25, -0.2) is 4.79 Å². The summed E-state index contributed by atoms with van der Waals surface area (Å²) >= 11 is 3.32. The molecule has 2 rings (SSSR count). The van der Waals surface area contributed by atoms with Crippen LogP contribution in [0.4, 0.5) is 0 Å². The van der Waals surface area contributed by atoms with E-state index in [1.54, 1.807) is 42.5 Å². The molecule has 0 saturated heterocycles. The van der Waals surface area contributed by atoms with Gasteiger partial charge in [0.2, 0.25) is 0 Å². The number of amides is 1. The Morgan fingerprint density at radius 3 is 2.52 bits per heavy atom. The van der Waals surface area contributed by atoms with E-state index in [4.69, 9.17) is 4.74 Å². The Bertz CT molecular complexity index is 883. The summed E-state index contributed by atoms with van der Waals surface area (Å²) in [7, 11) is 0. The van der Waals surface area contributed by atoms with E-state index in [9.17, 15) is 14.9 Å². The second kappa shape index (κ2) is 10.3. The van der Waals surface area contributed by atoms with E-state index < -0.39 is 11.9 Å². The smallest absolute Gasteiger partial charge is 0.344 e. The first-order chi connectivity index (χ1) is 13.0. The standard InChI is InChI=1S/C21H19BrN2O3/c1-2-3-12-24-20(25)16(14-23)13-15-8-10-17(11-9-15)27-21(26)18-6-4-5-7-19(18)22/h4-11,13H,2-3,12H2,1H3,(H,24,25)/b16-13+. The lowest BCUT2D eigenvalue weighted by molar-refractivity contribution is -0.117. The summed E-state index contributed by atoms with van der Waals surface area (Å²) in [5, 5.41) is 11.9. The zero-order valence-corrected chi connectivity index (χ0v) is 16.5. The number of benzene rings is 2. The molecule has 0 atom stereocenters. The van der Waals surface area contributed by atoms with Crippen LogP contribution in [0, 0.1) is 11.3 Å². The fraction of sp³-hybridized carbons (Fsp3) is 0.190. The highest BCUT2D eigenvalue weighted by atomic mass is 79.9. The van der Waals surface area contributed by atoms with E-state index >= 15 is 0 Å². The Labute approximate surface area is 166 Å². The van der Waals surface area contributed by atoms with Crippen molar-refractivity contribution < 1.29 is 14.3 Å². The van der Waals surface area contributed by atoms with E-state index in [0.717, 1.165) is 12.8 Å². The van der Waals surface area contributed by atoms with Gasteiger partial charge in [0.1, 0.15) is 17.4 Å². The topological polar surface area (TPSA) is 79.2 Å². The third kappa shape index (κ3) is 6.08. The number of nitriles is 1. The summed E-state index contributed by atoms with van der Waals surface area (Å²) in [5.74, 6) is -0.493. The van der Waals surface area contributed by atoms with Crippen molar-refractivity contribution in [3.05, 3.63) is 69.7 Å². The van der Waals surface area contributed by atoms with Crippen LogP contribution in [-0.4, -0.2) is 18.4 Å². The van der Waals surface area contributed by atoms with Crippen LogP contribution < -0.4 is 10.1 Å². The van der Waals surface area contributed by atoms with Gasteiger partial charge in [0.15, 0.2) is 0 Å². The second-order valence-corrected chi connectivity index (χ2v) is 6.57. The van der Waals surface area contributed by atoms with E-state index in [0.29, 0.717) is 27.9 Å². The highest BCUT2D eigenvalue weighted by molar-refractivity contribution is 9.10. The van der Waals surface area contributed by atoms with Gasteiger partial charge in [-0.2, -0.15) is 5.26 Å². The number of halogens is 1. The minimum atomic E-state index is -0.473. The number of carbonyl (C=O) groups is 2. The molecule has 0 fully saturated rings. The van der Waals surface area contributed by atoms with Crippen LogP contribution in [0.5, 0.6) is 5.75 Å². The number of carbonyl (C=O) groups excluding carboxylic acids is 2. The molecule has 138 valence electrons. The highest BCUT2D eigenvalue weighted by Gasteiger charge is 2.12. The Balaban J connectivity index is 2.05. The molecule has 0 aliphatic heterocycles. The summed E-state index contributed by atoms with van der Waals surface area (Å²) in [5.41, 5.74) is 1.12. The molecule has 1 amide bonds. The van der Waals surface area contributed by atoms with Crippen LogP contribution >= 0.6 is 15.9 Å². The molecule has 0 spiro atoms. The van der Waals surface area contributed by atoms with Gasteiger partial charge in [-0.3, -0.25) is 4.79 Å².